The maximum atomic E-state index is 10.7. The summed E-state index contributed by atoms with van der Waals surface area (Å²) in [5, 5.41) is -0.336. The smallest absolute Gasteiger partial charge is 0.297 e. The highest BCUT2D eigenvalue weighted by atomic mass is 32.2. The number of carbonyl (C=O) groups excluding carboxylic acids is 1. The van der Waals surface area contributed by atoms with E-state index >= 15 is 0 Å². The van der Waals surface area contributed by atoms with E-state index in [9.17, 15) is 13.2 Å². The summed E-state index contributed by atoms with van der Waals surface area (Å²) >= 11 is 0. The van der Waals surface area contributed by atoms with E-state index < -0.39 is 15.9 Å². The number of methoxy groups -OCH3 is 1. The SMILES string of the molecule is COC1=CC(=O)NS1(=O)=O. The lowest BCUT2D eigenvalue weighted by Gasteiger charge is -1.96. The standard InChI is InChI=1S/C4H5NO4S/c1-9-4-2-3(6)5-10(4,7)8/h2H,1H3,(H,5,6). The average molecular weight is 163 g/mol. The Morgan fingerprint density at radius 2 is 2.20 bits per heavy atom. The van der Waals surface area contributed by atoms with Crippen LogP contribution in [0.3, 0.4) is 0 Å². The molecular weight excluding hydrogens is 158 g/mol. The topological polar surface area (TPSA) is 72.5 Å². The molecule has 56 valence electrons. The predicted molar refractivity (Wildman–Crippen MR) is 32.2 cm³/mol. The maximum Gasteiger partial charge on any atom is 0.297 e. The van der Waals surface area contributed by atoms with Crippen LogP contribution in [0.2, 0.25) is 0 Å². The molecule has 0 saturated carbocycles. The van der Waals surface area contributed by atoms with Gasteiger partial charge in [0, 0.05) is 0 Å². The molecule has 1 rings (SSSR count). The highest BCUT2D eigenvalue weighted by Crippen LogP contribution is 2.10. The summed E-state index contributed by atoms with van der Waals surface area (Å²) in [4.78, 5) is 10.4. The van der Waals surface area contributed by atoms with E-state index in [1.165, 1.54) is 7.11 Å². The van der Waals surface area contributed by atoms with Gasteiger partial charge in [-0.05, 0) is 0 Å². The Kier molecular flexibility index (Phi) is 1.40. The van der Waals surface area contributed by atoms with Gasteiger partial charge >= 0.3 is 0 Å². The second-order valence-electron chi connectivity index (χ2n) is 1.64. The normalized spacial score (nSPS) is 21.7. The molecule has 0 aromatic rings. The Bertz CT molecular complexity index is 288. The number of rotatable bonds is 1. The van der Waals surface area contributed by atoms with Crippen LogP contribution >= 0.6 is 0 Å². The van der Waals surface area contributed by atoms with Gasteiger partial charge in [0.15, 0.2) is 0 Å². The number of hydrogen-bond donors (Lipinski definition) is 1. The van der Waals surface area contributed by atoms with Crippen molar-refractivity contribution in [3.8, 4) is 0 Å². The third kappa shape index (κ3) is 0.971. The van der Waals surface area contributed by atoms with E-state index in [4.69, 9.17) is 0 Å². The third-order valence-electron chi connectivity index (χ3n) is 0.950. The highest BCUT2D eigenvalue weighted by Gasteiger charge is 2.28. The summed E-state index contributed by atoms with van der Waals surface area (Å²) in [5.74, 6) is -0.670. The van der Waals surface area contributed by atoms with Crippen LogP contribution in [0.15, 0.2) is 11.2 Å². The quantitative estimate of drug-likeness (QED) is 0.534. The first kappa shape index (κ1) is 7.07. The lowest BCUT2D eigenvalue weighted by atomic mass is 10.6. The molecule has 1 aliphatic rings. The van der Waals surface area contributed by atoms with E-state index in [1.54, 1.807) is 4.72 Å². The van der Waals surface area contributed by atoms with E-state index in [-0.39, 0.29) is 5.09 Å². The fourth-order valence-corrected chi connectivity index (χ4v) is 1.47. The van der Waals surface area contributed by atoms with Crippen LogP contribution < -0.4 is 4.72 Å². The zero-order valence-corrected chi connectivity index (χ0v) is 5.94. The van der Waals surface area contributed by atoms with Crippen molar-refractivity contribution in [2.45, 2.75) is 0 Å². The van der Waals surface area contributed by atoms with Crippen molar-refractivity contribution in [1.82, 2.24) is 4.72 Å². The van der Waals surface area contributed by atoms with Gasteiger partial charge in [-0.15, -0.1) is 0 Å². The van der Waals surface area contributed by atoms with Crippen molar-refractivity contribution in [1.29, 1.82) is 0 Å². The van der Waals surface area contributed by atoms with Crippen LogP contribution in [0.1, 0.15) is 0 Å². The van der Waals surface area contributed by atoms with Gasteiger partial charge in [0.05, 0.1) is 13.2 Å². The van der Waals surface area contributed by atoms with Crippen LogP contribution in [-0.2, 0) is 19.6 Å². The van der Waals surface area contributed by atoms with Gasteiger partial charge < -0.3 is 4.74 Å². The number of amides is 1. The Hall–Kier alpha value is -1.04. The zero-order valence-electron chi connectivity index (χ0n) is 5.12. The van der Waals surface area contributed by atoms with Gasteiger partial charge in [-0.1, -0.05) is 0 Å². The molecule has 0 atom stereocenters. The largest absolute Gasteiger partial charge is 0.485 e. The van der Waals surface area contributed by atoms with Crippen molar-refractivity contribution < 1.29 is 17.9 Å². The lowest BCUT2D eigenvalue weighted by molar-refractivity contribution is -0.114. The molecule has 0 radical (unpaired) electrons. The Labute approximate surface area is 57.7 Å². The molecule has 0 aromatic carbocycles. The molecule has 1 heterocycles. The summed E-state index contributed by atoms with van der Waals surface area (Å²) in [6.45, 7) is 0. The van der Waals surface area contributed by atoms with Gasteiger partial charge in [0.2, 0.25) is 5.09 Å². The molecule has 1 N–H and O–H groups in total. The Morgan fingerprint density at radius 3 is 2.40 bits per heavy atom. The van der Waals surface area contributed by atoms with Gasteiger partial charge in [0.1, 0.15) is 0 Å². The molecule has 0 unspecified atom stereocenters. The zero-order chi connectivity index (χ0) is 7.78. The molecule has 10 heavy (non-hydrogen) atoms. The summed E-state index contributed by atoms with van der Waals surface area (Å²) in [6.07, 6.45) is 0.884. The van der Waals surface area contributed by atoms with Crippen molar-refractivity contribution in [3.05, 3.63) is 11.2 Å². The molecule has 0 fully saturated rings. The second kappa shape index (κ2) is 1.98. The summed E-state index contributed by atoms with van der Waals surface area (Å²) in [5.41, 5.74) is 0. The van der Waals surface area contributed by atoms with Crippen molar-refractivity contribution in [2.75, 3.05) is 7.11 Å². The predicted octanol–water partition coefficient (Wildman–Crippen LogP) is -1.07. The maximum absolute atomic E-state index is 10.7. The summed E-state index contributed by atoms with van der Waals surface area (Å²) in [6, 6.07) is 0. The van der Waals surface area contributed by atoms with Crippen molar-refractivity contribution >= 4 is 15.9 Å². The first-order valence-corrected chi connectivity index (χ1v) is 3.87. The van der Waals surface area contributed by atoms with Gasteiger partial charge in [-0.3, -0.25) is 4.79 Å². The molecule has 5 nitrogen and oxygen atoms in total. The second-order valence-corrected chi connectivity index (χ2v) is 3.25. The minimum Gasteiger partial charge on any atom is -0.485 e. The van der Waals surface area contributed by atoms with Crippen molar-refractivity contribution in [2.24, 2.45) is 0 Å². The van der Waals surface area contributed by atoms with Crippen LogP contribution in [-0.4, -0.2) is 21.4 Å². The minimum absolute atomic E-state index is 0.336. The van der Waals surface area contributed by atoms with Crippen LogP contribution in [0.5, 0.6) is 0 Å². The Balaban J connectivity index is 3.10. The van der Waals surface area contributed by atoms with E-state index in [0.29, 0.717) is 0 Å². The van der Waals surface area contributed by atoms with Crippen LogP contribution in [0.25, 0.3) is 0 Å². The molecule has 0 aliphatic carbocycles. The molecule has 0 aromatic heterocycles. The van der Waals surface area contributed by atoms with Crippen LogP contribution in [0, 0.1) is 0 Å². The first-order valence-electron chi connectivity index (χ1n) is 2.39. The number of hydrogen-bond acceptors (Lipinski definition) is 4. The van der Waals surface area contributed by atoms with E-state index in [2.05, 4.69) is 4.74 Å². The Morgan fingerprint density at radius 1 is 1.60 bits per heavy atom. The van der Waals surface area contributed by atoms with Gasteiger partial charge in [0.25, 0.3) is 15.9 Å². The number of ether oxygens (including phenoxy) is 1. The summed E-state index contributed by atoms with van der Waals surface area (Å²) in [7, 11) is -2.46. The molecular formula is C4H5NO4S. The van der Waals surface area contributed by atoms with Crippen molar-refractivity contribution in [3.63, 3.8) is 0 Å². The van der Waals surface area contributed by atoms with Gasteiger partial charge in [-0.2, -0.15) is 8.42 Å². The fourth-order valence-electron chi connectivity index (χ4n) is 0.565. The number of sulfonamides is 1. The molecule has 1 aliphatic heterocycles. The lowest BCUT2D eigenvalue weighted by Crippen LogP contribution is -2.22. The third-order valence-corrected chi connectivity index (χ3v) is 2.23. The molecule has 0 bridgehead atoms. The highest BCUT2D eigenvalue weighted by molar-refractivity contribution is 7.94. The van der Waals surface area contributed by atoms with Crippen LogP contribution in [0.4, 0.5) is 0 Å². The van der Waals surface area contributed by atoms with E-state index in [1.807, 2.05) is 0 Å². The molecule has 6 heteroatoms. The number of carbonyl (C=O) groups is 1. The fraction of sp³-hybridized carbons (Fsp3) is 0.250. The molecule has 1 amide bonds. The monoisotopic (exact) mass is 163 g/mol. The van der Waals surface area contributed by atoms with E-state index in [0.717, 1.165) is 6.08 Å². The minimum atomic E-state index is -3.65. The van der Waals surface area contributed by atoms with Gasteiger partial charge in [-0.25, -0.2) is 4.72 Å². The average Bonchev–Trinajstić information content (AvgIpc) is 2.04. The summed E-state index contributed by atoms with van der Waals surface area (Å²) < 4.78 is 27.5. The first-order chi connectivity index (χ1) is 4.56. The number of nitrogens with one attached hydrogen (secondary N) is 1. The molecule has 0 spiro atoms. The molecule has 0 saturated heterocycles.